The van der Waals surface area contributed by atoms with E-state index in [-0.39, 0.29) is 6.61 Å². The maximum atomic E-state index is 9.83. The topological polar surface area (TPSA) is 101 Å². The fraction of sp³-hybridized carbons (Fsp3) is 0.750. The van der Waals surface area contributed by atoms with Gasteiger partial charge in [0, 0.05) is 0 Å². The minimum Gasteiger partial charge on any atom is -0.394 e. The van der Waals surface area contributed by atoms with Crippen molar-refractivity contribution < 1.29 is 20.1 Å². The first-order valence-electron chi connectivity index (χ1n) is 4.87. The molecule has 0 saturated carbocycles. The molecule has 0 unspecified atom stereocenters. The SMILES string of the molecule is OC[C@H]1O[C@H](n2cnc(Br)n2)[C@@H](Br)[C@@H](O)[C@@H]1O. The summed E-state index contributed by atoms with van der Waals surface area (Å²) in [7, 11) is 0. The van der Waals surface area contributed by atoms with Crippen molar-refractivity contribution in [1.82, 2.24) is 14.8 Å². The van der Waals surface area contributed by atoms with Crippen LogP contribution in [0.1, 0.15) is 6.23 Å². The van der Waals surface area contributed by atoms with Crippen molar-refractivity contribution >= 4 is 31.9 Å². The second kappa shape index (κ2) is 5.29. The highest BCUT2D eigenvalue weighted by Crippen LogP contribution is 2.32. The Balaban J connectivity index is 2.22. The third-order valence-corrected chi connectivity index (χ3v) is 3.92. The molecule has 1 aromatic heterocycles. The first kappa shape index (κ1) is 13.4. The Kier molecular flexibility index (Phi) is 4.16. The minimum absolute atomic E-state index is 0.385. The van der Waals surface area contributed by atoms with Crippen molar-refractivity contribution in [2.45, 2.75) is 29.4 Å². The first-order chi connectivity index (χ1) is 8.04. The zero-order chi connectivity index (χ0) is 12.6. The number of rotatable bonds is 2. The molecule has 96 valence electrons. The van der Waals surface area contributed by atoms with E-state index in [2.05, 4.69) is 41.9 Å². The van der Waals surface area contributed by atoms with Crippen molar-refractivity contribution in [3.8, 4) is 0 Å². The summed E-state index contributed by atoms with van der Waals surface area (Å²) in [6.45, 7) is -0.385. The van der Waals surface area contributed by atoms with Gasteiger partial charge in [-0.3, -0.25) is 0 Å². The fourth-order valence-electron chi connectivity index (χ4n) is 1.65. The molecule has 1 saturated heterocycles. The zero-order valence-corrected chi connectivity index (χ0v) is 11.7. The summed E-state index contributed by atoms with van der Waals surface area (Å²) >= 11 is 6.35. The molecule has 1 aliphatic rings. The van der Waals surface area contributed by atoms with Crippen LogP contribution in [-0.2, 0) is 4.74 Å². The van der Waals surface area contributed by atoms with Crippen LogP contribution in [0.25, 0.3) is 0 Å². The van der Waals surface area contributed by atoms with E-state index in [9.17, 15) is 10.2 Å². The molecule has 2 heterocycles. The molecule has 0 aromatic carbocycles. The van der Waals surface area contributed by atoms with Crippen LogP contribution >= 0.6 is 31.9 Å². The Morgan fingerprint density at radius 3 is 2.65 bits per heavy atom. The average Bonchev–Trinajstić information content (AvgIpc) is 2.73. The Bertz CT molecular complexity index is 389. The Morgan fingerprint density at radius 1 is 1.41 bits per heavy atom. The number of nitrogens with zero attached hydrogens (tertiary/aromatic N) is 3. The van der Waals surface area contributed by atoms with Gasteiger partial charge in [0.05, 0.1) is 17.5 Å². The normalized spacial score (nSPS) is 38.3. The fourth-order valence-corrected chi connectivity index (χ4v) is 2.60. The number of aliphatic hydroxyl groups is 3. The van der Waals surface area contributed by atoms with E-state index in [1.807, 2.05) is 0 Å². The maximum absolute atomic E-state index is 9.83. The van der Waals surface area contributed by atoms with E-state index in [1.165, 1.54) is 11.0 Å². The molecule has 0 radical (unpaired) electrons. The van der Waals surface area contributed by atoms with Crippen molar-refractivity contribution in [2.24, 2.45) is 0 Å². The molecule has 1 fully saturated rings. The smallest absolute Gasteiger partial charge is 0.217 e. The number of aliphatic hydroxyl groups excluding tert-OH is 3. The molecule has 1 aliphatic heterocycles. The second-order valence-electron chi connectivity index (χ2n) is 3.67. The molecule has 5 atom stereocenters. The van der Waals surface area contributed by atoms with Gasteiger partial charge in [0.15, 0.2) is 6.23 Å². The number of halogens is 2. The largest absolute Gasteiger partial charge is 0.394 e. The Morgan fingerprint density at radius 2 is 2.12 bits per heavy atom. The summed E-state index contributed by atoms with van der Waals surface area (Å²) in [5.74, 6) is 0. The molecule has 1 aromatic rings. The quantitative estimate of drug-likeness (QED) is 0.600. The third-order valence-electron chi connectivity index (χ3n) is 2.56. The van der Waals surface area contributed by atoms with Crippen molar-refractivity contribution in [2.75, 3.05) is 6.61 Å². The lowest BCUT2D eigenvalue weighted by molar-refractivity contribution is -0.198. The van der Waals surface area contributed by atoms with Gasteiger partial charge in [0.2, 0.25) is 4.73 Å². The molecule has 0 amide bonds. The molecule has 2 rings (SSSR count). The van der Waals surface area contributed by atoms with Gasteiger partial charge in [-0.2, -0.15) is 0 Å². The predicted molar refractivity (Wildman–Crippen MR) is 63.4 cm³/mol. The number of aromatic nitrogens is 3. The van der Waals surface area contributed by atoms with E-state index in [1.54, 1.807) is 0 Å². The molecule has 9 heteroatoms. The van der Waals surface area contributed by atoms with Crippen LogP contribution in [0.4, 0.5) is 0 Å². The lowest BCUT2D eigenvalue weighted by atomic mass is 10.0. The van der Waals surface area contributed by atoms with E-state index >= 15 is 0 Å². The molecule has 3 N–H and O–H groups in total. The number of alkyl halides is 1. The predicted octanol–water partition coefficient (Wildman–Crippen LogP) is -0.584. The Hall–Kier alpha value is -0.0600. The highest BCUT2D eigenvalue weighted by atomic mass is 79.9. The van der Waals surface area contributed by atoms with Crippen LogP contribution in [0.2, 0.25) is 0 Å². The van der Waals surface area contributed by atoms with Gasteiger partial charge in [0.25, 0.3) is 0 Å². The van der Waals surface area contributed by atoms with Gasteiger partial charge in [-0.1, -0.05) is 15.9 Å². The summed E-state index contributed by atoms with van der Waals surface area (Å²) in [6, 6.07) is 0. The number of hydrogen-bond donors (Lipinski definition) is 3. The van der Waals surface area contributed by atoms with Gasteiger partial charge in [-0.15, -0.1) is 5.10 Å². The lowest BCUT2D eigenvalue weighted by Crippen LogP contribution is -2.54. The number of hydrogen-bond acceptors (Lipinski definition) is 6. The maximum Gasteiger partial charge on any atom is 0.217 e. The standard InChI is InChI=1S/C8H11Br2N3O4/c9-4-6(16)5(15)3(1-14)17-7(4)13-2-11-8(10)12-13/h2-7,14-16H,1H2/t3-,4+,5-,6-,7+/m1/s1. The van der Waals surface area contributed by atoms with Crippen LogP contribution in [0.3, 0.4) is 0 Å². The summed E-state index contributed by atoms with van der Waals surface area (Å²) in [5, 5.41) is 32.6. The van der Waals surface area contributed by atoms with Crippen molar-refractivity contribution in [3.05, 3.63) is 11.1 Å². The van der Waals surface area contributed by atoms with Crippen LogP contribution in [0, 0.1) is 0 Å². The molecule has 0 aliphatic carbocycles. The Labute approximate surface area is 114 Å². The van der Waals surface area contributed by atoms with E-state index in [0.717, 1.165) is 0 Å². The van der Waals surface area contributed by atoms with Gasteiger partial charge >= 0.3 is 0 Å². The van der Waals surface area contributed by atoms with Gasteiger partial charge in [-0.25, -0.2) is 9.67 Å². The summed E-state index contributed by atoms with van der Waals surface area (Å²) in [4.78, 5) is 3.33. The van der Waals surface area contributed by atoms with Crippen LogP contribution < -0.4 is 0 Å². The average molecular weight is 373 g/mol. The summed E-state index contributed by atoms with van der Waals surface area (Å²) in [6.07, 6.45) is -2.28. The highest BCUT2D eigenvalue weighted by molar-refractivity contribution is 9.10. The van der Waals surface area contributed by atoms with Gasteiger partial charge in [-0.05, 0) is 15.9 Å². The van der Waals surface area contributed by atoms with E-state index in [0.29, 0.717) is 4.73 Å². The first-order valence-corrected chi connectivity index (χ1v) is 6.58. The number of ether oxygens (including phenoxy) is 1. The van der Waals surface area contributed by atoms with Gasteiger partial charge < -0.3 is 20.1 Å². The van der Waals surface area contributed by atoms with E-state index < -0.39 is 29.4 Å². The monoisotopic (exact) mass is 371 g/mol. The molecule has 17 heavy (non-hydrogen) atoms. The second-order valence-corrected chi connectivity index (χ2v) is 5.43. The molecular formula is C8H11Br2N3O4. The van der Waals surface area contributed by atoms with Crippen LogP contribution in [0.15, 0.2) is 11.1 Å². The van der Waals surface area contributed by atoms with Crippen LogP contribution in [-0.4, -0.2) is 59.8 Å². The minimum atomic E-state index is -1.15. The highest BCUT2D eigenvalue weighted by Gasteiger charge is 2.44. The van der Waals surface area contributed by atoms with E-state index in [4.69, 9.17) is 9.84 Å². The molecule has 0 bridgehead atoms. The molecular weight excluding hydrogens is 362 g/mol. The van der Waals surface area contributed by atoms with Gasteiger partial charge in [0.1, 0.15) is 18.5 Å². The van der Waals surface area contributed by atoms with Crippen molar-refractivity contribution in [3.63, 3.8) is 0 Å². The van der Waals surface area contributed by atoms with Crippen LogP contribution in [0.5, 0.6) is 0 Å². The third kappa shape index (κ3) is 2.54. The zero-order valence-electron chi connectivity index (χ0n) is 8.52. The summed E-state index contributed by atoms with van der Waals surface area (Å²) in [5.41, 5.74) is 0. The summed E-state index contributed by atoms with van der Waals surface area (Å²) < 4.78 is 7.26. The molecule has 0 spiro atoms. The molecule has 7 nitrogen and oxygen atoms in total. The van der Waals surface area contributed by atoms with Crippen molar-refractivity contribution in [1.29, 1.82) is 0 Å². The lowest BCUT2D eigenvalue weighted by Gasteiger charge is -2.39.